The molecule has 0 saturated carbocycles. The summed E-state index contributed by atoms with van der Waals surface area (Å²) in [5, 5.41) is 0. The van der Waals surface area contributed by atoms with Gasteiger partial charge in [-0.3, -0.25) is 4.79 Å². The number of ketones is 1. The number of hydrogen-bond donors (Lipinski definition) is 0. The van der Waals surface area contributed by atoms with E-state index in [2.05, 4.69) is 6.92 Å². The Morgan fingerprint density at radius 3 is 2.25 bits per heavy atom. The van der Waals surface area contributed by atoms with Crippen molar-refractivity contribution < 1.29 is 4.79 Å². The molecule has 1 radical (unpaired) electrons. The number of carbonyl (C=O) groups excluding carboxylic acids is 1. The SMILES string of the molecule is [CH2]C(=O)C(C)(Cl)CC. The maximum absolute atomic E-state index is 10.5. The minimum Gasteiger partial charge on any atom is -0.298 e. The Labute approximate surface area is 55.0 Å². The average Bonchev–Trinajstić information content (AvgIpc) is 1.67. The zero-order valence-corrected chi connectivity index (χ0v) is 5.96. The number of carbonyl (C=O) groups is 1. The van der Waals surface area contributed by atoms with Crippen molar-refractivity contribution in [1.29, 1.82) is 0 Å². The van der Waals surface area contributed by atoms with Crippen LogP contribution in [0.5, 0.6) is 0 Å². The van der Waals surface area contributed by atoms with E-state index < -0.39 is 4.87 Å². The van der Waals surface area contributed by atoms with Crippen LogP contribution in [-0.4, -0.2) is 10.7 Å². The fourth-order valence-corrected chi connectivity index (χ4v) is 0.197. The van der Waals surface area contributed by atoms with Crippen LogP contribution in [0.25, 0.3) is 0 Å². The third kappa shape index (κ3) is 1.83. The normalized spacial score (nSPS) is 17.5. The Morgan fingerprint density at radius 1 is 1.88 bits per heavy atom. The highest BCUT2D eigenvalue weighted by Crippen LogP contribution is 2.18. The predicted octanol–water partition coefficient (Wildman–Crippen LogP) is 1.80. The molecule has 0 N–H and O–H groups in total. The van der Waals surface area contributed by atoms with Gasteiger partial charge in [-0.05, 0) is 13.3 Å². The summed E-state index contributed by atoms with van der Waals surface area (Å²) >= 11 is 5.64. The van der Waals surface area contributed by atoms with Gasteiger partial charge >= 0.3 is 0 Å². The molecule has 0 aromatic rings. The highest BCUT2D eigenvalue weighted by atomic mass is 35.5. The lowest BCUT2D eigenvalue weighted by molar-refractivity contribution is -0.117. The Morgan fingerprint density at radius 2 is 2.25 bits per heavy atom. The van der Waals surface area contributed by atoms with E-state index in [1.807, 2.05) is 6.92 Å². The van der Waals surface area contributed by atoms with Crippen molar-refractivity contribution in [3.63, 3.8) is 0 Å². The monoisotopic (exact) mass is 133 g/mol. The third-order valence-electron chi connectivity index (χ3n) is 1.25. The third-order valence-corrected chi connectivity index (χ3v) is 1.72. The predicted molar refractivity (Wildman–Crippen MR) is 34.9 cm³/mol. The Kier molecular flexibility index (Phi) is 2.48. The second-order valence-electron chi connectivity index (χ2n) is 1.97. The summed E-state index contributed by atoms with van der Waals surface area (Å²) in [6.07, 6.45) is 0.636. The molecule has 0 aromatic heterocycles. The summed E-state index contributed by atoms with van der Waals surface area (Å²) in [5.41, 5.74) is 0. The van der Waals surface area contributed by atoms with Gasteiger partial charge in [0.1, 0.15) is 0 Å². The molecule has 2 heteroatoms. The fourth-order valence-electron chi connectivity index (χ4n) is 0.197. The molecule has 0 rings (SSSR count). The lowest BCUT2D eigenvalue weighted by atomic mass is 10.0. The molecule has 47 valence electrons. The van der Waals surface area contributed by atoms with Crippen molar-refractivity contribution in [3.8, 4) is 0 Å². The molecule has 8 heavy (non-hydrogen) atoms. The Bertz CT molecular complexity index is 96.7. The summed E-state index contributed by atoms with van der Waals surface area (Å²) in [6, 6.07) is 0. The first-order valence-corrected chi connectivity index (χ1v) is 2.94. The van der Waals surface area contributed by atoms with Gasteiger partial charge in [-0.2, -0.15) is 0 Å². The number of alkyl halides is 1. The fraction of sp³-hybridized carbons (Fsp3) is 0.667. The zero-order valence-electron chi connectivity index (χ0n) is 5.20. The van der Waals surface area contributed by atoms with E-state index in [4.69, 9.17) is 11.6 Å². The number of Topliss-reactive ketones (excluding diaryl/α,β-unsaturated/α-hetero) is 1. The first-order chi connectivity index (χ1) is 3.50. The van der Waals surface area contributed by atoms with Crippen LogP contribution in [0.2, 0.25) is 0 Å². The van der Waals surface area contributed by atoms with Gasteiger partial charge in [0.25, 0.3) is 0 Å². The summed E-state index contributed by atoms with van der Waals surface area (Å²) in [5.74, 6) is -0.207. The van der Waals surface area contributed by atoms with E-state index in [9.17, 15) is 4.79 Å². The molecule has 0 aliphatic carbocycles. The smallest absolute Gasteiger partial charge is 0.153 e. The summed E-state index contributed by atoms with van der Waals surface area (Å²) in [4.78, 5) is 9.72. The highest BCUT2D eigenvalue weighted by molar-refractivity contribution is 6.35. The van der Waals surface area contributed by atoms with Gasteiger partial charge in [-0.1, -0.05) is 6.92 Å². The number of rotatable bonds is 2. The van der Waals surface area contributed by atoms with Gasteiger partial charge in [0.15, 0.2) is 5.78 Å². The molecule has 0 heterocycles. The summed E-state index contributed by atoms with van der Waals surface area (Å²) in [7, 11) is 0. The molecule has 0 saturated heterocycles. The van der Waals surface area contributed by atoms with E-state index in [1.165, 1.54) is 0 Å². The van der Waals surface area contributed by atoms with Gasteiger partial charge in [-0.25, -0.2) is 0 Å². The van der Waals surface area contributed by atoms with Gasteiger partial charge in [-0.15, -0.1) is 11.6 Å². The lowest BCUT2D eigenvalue weighted by Crippen LogP contribution is -2.24. The Balaban J connectivity index is 3.91. The molecule has 1 nitrogen and oxygen atoms in total. The molecule has 0 spiro atoms. The average molecular weight is 134 g/mol. The van der Waals surface area contributed by atoms with Crippen molar-refractivity contribution in [2.24, 2.45) is 0 Å². The van der Waals surface area contributed by atoms with Crippen LogP contribution in [0, 0.1) is 6.92 Å². The Hall–Kier alpha value is -0.0400. The maximum atomic E-state index is 10.5. The minimum absolute atomic E-state index is 0.207. The first-order valence-electron chi connectivity index (χ1n) is 2.56. The topological polar surface area (TPSA) is 17.1 Å². The van der Waals surface area contributed by atoms with Crippen molar-refractivity contribution in [2.45, 2.75) is 25.1 Å². The zero-order chi connectivity index (χ0) is 6.78. The molecule has 1 unspecified atom stereocenters. The summed E-state index contributed by atoms with van der Waals surface area (Å²) < 4.78 is 0. The van der Waals surface area contributed by atoms with Crippen LogP contribution in [0.15, 0.2) is 0 Å². The van der Waals surface area contributed by atoms with Crippen LogP contribution in [0.1, 0.15) is 20.3 Å². The van der Waals surface area contributed by atoms with E-state index in [0.717, 1.165) is 0 Å². The van der Waals surface area contributed by atoms with Crippen LogP contribution in [-0.2, 0) is 4.79 Å². The van der Waals surface area contributed by atoms with Crippen molar-refractivity contribution >= 4 is 17.4 Å². The molecule has 0 aliphatic rings. The van der Waals surface area contributed by atoms with Crippen LogP contribution >= 0.6 is 11.6 Å². The largest absolute Gasteiger partial charge is 0.298 e. The van der Waals surface area contributed by atoms with E-state index >= 15 is 0 Å². The minimum atomic E-state index is -0.736. The molecule has 1 atom stereocenters. The van der Waals surface area contributed by atoms with E-state index in [-0.39, 0.29) is 5.78 Å². The van der Waals surface area contributed by atoms with Crippen molar-refractivity contribution in [2.75, 3.05) is 0 Å². The molecule has 0 bridgehead atoms. The van der Waals surface area contributed by atoms with Gasteiger partial charge in [0, 0.05) is 6.92 Å². The van der Waals surface area contributed by atoms with Crippen molar-refractivity contribution in [1.82, 2.24) is 0 Å². The van der Waals surface area contributed by atoms with E-state index in [0.29, 0.717) is 6.42 Å². The lowest BCUT2D eigenvalue weighted by Gasteiger charge is -2.13. The van der Waals surface area contributed by atoms with Crippen LogP contribution in [0.3, 0.4) is 0 Å². The number of halogens is 1. The molecule has 0 aliphatic heterocycles. The quantitative estimate of drug-likeness (QED) is 0.525. The molecule has 0 amide bonds. The highest BCUT2D eigenvalue weighted by Gasteiger charge is 2.23. The summed E-state index contributed by atoms with van der Waals surface area (Å²) in [6.45, 7) is 6.74. The van der Waals surface area contributed by atoms with Crippen LogP contribution < -0.4 is 0 Å². The standard InChI is InChI=1S/C6H10ClO/c1-4-6(3,7)5(2)8/h2,4H2,1,3H3. The molecule has 0 fully saturated rings. The van der Waals surface area contributed by atoms with Gasteiger partial charge in [0.2, 0.25) is 0 Å². The van der Waals surface area contributed by atoms with Crippen LogP contribution in [0.4, 0.5) is 0 Å². The van der Waals surface area contributed by atoms with Gasteiger partial charge in [0.05, 0.1) is 4.87 Å². The first kappa shape index (κ1) is 7.96. The van der Waals surface area contributed by atoms with Gasteiger partial charge < -0.3 is 0 Å². The number of hydrogen-bond acceptors (Lipinski definition) is 1. The molecule has 0 aromatic carbocycles. The maximum Gasteiger partial charge on any atom is 0.153 e. The van der Waals surface area contributed by atoms with E-state index in [1.54, 1.807) is 6.92 Å². The second kappa shape index (κ2) is 2.49. The molecular weight excluding hydrogens is 124 g/mol. The second-order valence-corrected chi connectivity index (χ2v) is 2.81. The van der Waals surface area contributed by atoms with Crippen molar-refractivity contribution in [3.05, 3.63) is 6.92 Å². The molecular formula is C6H10ClO.